The Kier molecular flexibility index (Phi) is 5.92. The van der Waals surface area contributed by atoms with Gasteiger partial charge in [-0.05, 0) is 63.7 Å². The molecule has 0 spiro atoms. The van der Waals surface area contributed by atoms with Gasteiger partial charge in [0.2, 0.25) is 8.32 Å². The molecular formula is C15H30O2Si. The van der Waals surface area contributed by atoms with Gasteiger partial charge in [0, 0.05) is 0 Å². The van der Waals surface area contributed by atoms with Crippen LogP contribution in [-0.4, -0.2) is 19.5 Å². The van der Waals surface area contributed by atoms with E-state index in [1.807, 2.05) is 0 Å². The summed E-state index contributed by atoms with van der Waals surface area (Å²) in [6.45, 7) is 10.9. The quantitative estimate of drug-likeness (QED) is 0.590. The van der Waals surface area contributed by atoms with Crippen molar-refractivity contribution in [3.63, 3.8) is 0 Å². The van der Waals surface area contributed by atoms with Gasteiger partial charge in [-0.1, -0.05) is 19.8 Å². The Labute approximate surface area is 114 Å². The second-order valence-electron chi connectivity index (χ2n) is 6.51. The molecule has 0 unspecified atom stereocenters. The molecule has 3 heteroatoms. The molecule has 18 heavy (non-hydrogen) atoms. The van der Waals surface area contributed by atoms with Crippen LogP contribution in [0.2, 0.25) is 19.6 Å². The lowest BCUT2D eigenvalue weighted by Crippen LogP contribution is -2.30. The summed E-state index contributed by atoms with van der Waals surface area (Å²) in [5, 5.41) is 10.3. The van der Waals surface area contributed by atoms with Gasteiger partial charge in [0.15, 0.2) is 0 Å². The van der Waals surface area contributed by atoms with Gasteiger partial charge in [0.1, 0.15) is 0 Å². The Bertz CT molecular complexity index is 291. The molecule has 0 bridgehead atoms. The largest absolute Gasteiger partial charge is 0.547 e. The molecule has 0 amide bonds. The van der Waals surface area contributed by atoms with E-state index in [1.165, 1.54) is 31.3 Å². The number of unbranched alkanes of at least 4 members (excludes halogenated alkanes) is 1. The Morgan fingerprint density at radius 1 is 1.33 bits per heavy atom. The van der Waals surface area contributed by atoms with Crippen LogP contribution >= 0.6 is 0 Å². The van der Waals surface area contributed by atoms with Crippen molar-refractivity contribution < 1.29 is 9.53 Å². The summed E-state index contributed by atoms with van der Waals surface area (Å²) < 4.78 is 6.12. The maximum absolute atomic E-state index is 10.3. The summed E-state index contributed by atoms with van der Waals surface area (Å²) in [5.74, 6) is 1.56. The SMILES string of the molecule is CCCC[C@@H]1CCC[C@@H](O)/C1=C(\C)O[Si](C)(C)C. The molecule has 0 aromatic rings. The van der Waals surface area contributed by atoms with Crippen LogP contribution in [0.3, 0.4) is 0 Å². The maximum atomic E-state index is 10.3. The van der Waals surface area contributed by atoms with Crippen LogP contribution in [0.5, 0.6) is 0 Å². The average molecular weight is 270 g/mol. The molecule has 0 radical (unpaired) electrons. The summed E-state index contributed by atoms with van der Waals surface area (Å²) in [7, 11) is -1.56. The first-order chi connectivity index (χ1) is 8.35. The monoisotopic (exact) mass is 270 g/mol. The van der Waals surface area contributed by atoms with E-state index in [2.05, 4.69) is 33.5 Å². The Balaban J connectivity index is 2.85. The second kappa shape index (κ2) is 6.76. The molecule has 2 nitrogen and oxygen atoms in total. The Morgan fingerprint density at radius 3 is 2.56 bits per heavy atom. The van der Waals surface area contributed by atoms with Crippen LogP contribution in [0.4, 0.5) is 0 Å². The molecule has 1 aliphatic carbocycles. The molecule has 106 valence electrons. The van der Waals surface area contributed by atoms with Crippen molar-refractivity contribution in [2.24, 2.45) is 5.92 Å². The summed E-state index contributed by atoms with van der Waals surface area (Å²) in [6.07, 6.45) is 6.70. The van der Waals surface area contributed by atoms with Crippen molar-refractivity contribution in [1.29, 1.82) is 0 Å². The van der Waals surface area contributed by atoms with Crippen molar-refractivity contribution in [3.8, 4) is 0 Å². The van der Waals surface area contributed by atoms with E-state index in [-0.39, 0.29) is 6.10 Å². The first-order valence-electron chi connectivity index (χ1n) is 7.43. The third kappa shape index (κ3) is 4.77. The highest BCUT2D eigenvalue weighted by Crippen LogP contribution is 2.36. The van der Waals surface area contributed by atoms with Crippen molar-refractivity contribution in [3.05, 3.63) is 11.3 Å². The lowest BCUT2D eigenvalue weighted by molar-refractivity contribution is 0.148. The number of allylic oxidation sites excluding steroid dienone is 1. The summed E-state index contributed by atoms with van der Waals surface area (Å²) in [4.78, 5) is 0. The van der Waals surface area contributed by atoms with Crippen LogP contribution in [0, 0.1) is 5.92 Å². The lowest BCUT2D eigenvalue weighted by atomic mass is 9.79. The van der Waals surface area contributed by atoms with Gasteiger partial charge >= 0.3 is 0 Å². The van der Waals surface area contributed by atoms with E-state index in [0.29, 0.717) is 5.92 Å². The van der Waals surface area contributed by atoms with Gasteiger partial charge in [-0.15, -0.1) is 0 Å². The highest BCUT2D eigenvalue weighted by atomic mass is 28.4. The van der Waals surface area contributed by atoms with Gasteiger partial charge in [0.25, 0.3) is 0 Å². The molecule has 2 atom stereocenters. The van der Waals surface area contributed by atoms with Crippen molar-refractivity contribution in [1.82, 2.24) is 0 Å². The molecule has 1 aliphatic rings. The normalized spacial score (nSPS) is 28.1. The van der Waals surface area contributed by atoms with Crippen molar-refractivity contribution in [2.75, 3.05) is 0 Å². The number of hydrogen-bond donors (Lipinski definition) is 1. The molecule has 0 aromatic heterocycles. The first kappa shape index (κ1) is 15.8. The zero-order chi connectivity index (χ0) is 13.8. The zero-order valence-corrected chi connectivity index (χ0v) is 13.8. The van der Waals surface area contributed by atoms with E-state index in [0.717, 1.165) is 18.6 Å². The number of rotatable bonds is 5. The molecule has 0 saturated heterocycles. The molecular weight excluding hydrogens is 240 g/mol. The van der Waals surface area contributed by atoms with E-state index in [1.54, 1.807) is 0 Å². The van der Waals surface area contributed by atoms with Gasteiger partial charge < -0.3 is 9.53 Å². The van der Waals surface area contributed by atoms with E-state index in [9.17, 15) is 5.11 Å². The van der Waals surface area contributed by atoms with Crippen molar-refractivity contribution in [2.45, 2.75) is 78.1 Å². The second-order valence-corrected chi connectivity index (χ2v) is 10.9. The fraction of sp³-hybridized carbons (Fsp3) is 0.867. The summed E-state index contributed by atoms with van der Waals surface area (Å²) in [5.41, 5.74) is 1.21. The average Bonchev–Trinajstić information content (AvgIpc) is 2.23. The van der Waals surface area contributed by atoms with E-state index >= 15 is 0 Å². The third-order valence-corrected chi connectivity index (χ3v) is 4.52. The number of hydrogen-bond acceptors (Lipinski definition) is 2. The first-order valence-corrected chi connectivity index (χ1v) is 10.8. The molecule has 1 saturated carbocycles. The zero-order valence-electron chi connectivity index (χ0n) is 12.8. The standard InChI is InChI=1S/C15H30O2Si/c1-6-7-9-13-10-8-11-14(16)15(13)12(2)17-18(3,4)5/h13-14,16H,6-11H2,1-5H3/b15-12+/t13-,14-/m1/s1. The third-order valence-electron chi connectivity index (χ3n) is 3.60. The summed E-state index contributed by atoms with van der Waals surface area (Å²) >= 11 is 0. The van der Waals surface area contributed by atoms with Crippen molar-refractivity contribution >= 4 is 8.32 Å². The Morgan fingerprint density at radius 2 is 2.00 bits per heavy atom. The van der Waals surface area contributed by atoms with Crippen LogP contribution in [0.25, 0.3) is 0 Å². The van der Waals surface area contributed by atoms with Gasteiger partial charge in [-0.25, -0.2) is 0 Å². The summed E-state index contributed by atoms with van der Waals surface area (Å²) in [6, 6.07) is 0. The van der Waals surface area contributed by atoms with Crippen LogP contribution < -0.4 is 0 Å². The molecule has 0 heterocycles. The van der Waals surface area contributed by atoms with E-state index < -0.39 is 8.32 Å². The molecule has 0 aliphatic heterocycles. The fourth-order valence-corrected chi connectivity index (χ4v) is 3.97. The van der Waals surface area contributed by atoms with E-state index in [4.69, 9.17) is 4.43 Å². The van der Waals surface area contributed by atoms with Crippen LogP contribution in [0.15, 0.2) is 11.3 Å². The van der Waals surface area contributed by atoms with Gasteiger partial charge in [0.05, 0.1) is 11.9 Å². The molecule has 1 rings (SSSR count). The molecule has 0 aromatic carbocycles. The lowest BCUT2D eigenvalue weighted by Gasteiger charge is -2.33. The minimum Gasteiger partial charge on any atom is -0.547 e. The fourth-order valence-electron chi connectivity index (χ4n) is 2.93. The van der Waals surface area contributed by atoms with Crippen LogP contribution in [0.1, 0.15) is 52.4 Å². The Hall–Kier alpha value is -0.283. The maximum Gasteiger partial charge on any atom is 0.241 e. The topological polar surface area (TPSA) is 29.5 Å². The minimum absolute atomic E-state index is 0.267. The molecule has 1 N–H and O–H groups in total. The van der Waals surface area contributed by atoms with Gasteiger partial charge in [-0.2, -0.15) is 0 Å². The van der Waals surface area contributed by atoms with Gasteiger partial charge in [-0.3, -0.25) is 0 Å². The predicted molar refractivity (Wildman–Crippen MR) is 80.0 cm³/mol. The number of aliphatic hydroxyl groups is 1. The van der Waals surface area contributed by atoms with Crippen LogP contribution in [-0.2, 0) is 4.43 Å². The molecule has 1 fully saturated rings. The highest BCUT2D eigenvalue weighted by molar-refractivity contribution is 6.70. The minimum atomic E-state index is -1.56. The smallest absolute Gasteiger partial charge is 0.241 e. The number of aliphatic hydroxyl groups excluding tert-OH is 1. The predicted octanol–water partition coefficient (Wildman–Crippen LogP) is 4.46. The highest BCUT2D eigenvalue weighted by Gasteiger charge is 2.29.